The molecule has 1 heterocycles. The SMILES string of the molecule is CC(O)C(O)Cc1cccnc1N. The van der Waals surface area contributed by atoms with Crippen LogP contribution < -0.4 is 5.73 Å². The smallest absolute Gasteiger partial charge is 0.126 e. The number of aromatic nitrogens is 1. The van der Waals surface area contributed by atoms with Gasteiger partial charge in [0.15, 0.2) is 0 Å². The van der Waals surface area contributed by atoms with Crippen LogP contribution in [0.3, 0.4) is 0 Å². The van der Waals surface area contributed by atoms with Crippen LogP contribution in [0.2, 0.25) is 0 Å². The van der Waals surface area contributed by atoms with E-state index in [-0.39, 0.29) is 0 Å². The lowest BCUT2D eigenvalue weighted by molar-refractivity contribution is 0.0320. The molecule has 0 fully saturated rings. The van der Waals surface area contributed by atoms with Crippen molar-refractivity contribution in [2.75, 3.05) is 5.73 Å². The molecule has 2 unspecified atom stereocenters. The van der Waals surface area contributed by atoms with E-state index in [1.165, 1.54) is 6.92 Å². The summed E-state index contributed by atoms with van der Waals surface area (Å²) >= 11 is 0. The Morgan fingerprint density at radius 1 is 1.54 bits per heavy atom. The predicted octanol–water partition coefficient (Wildman–Crippen LogP) is -0.0520. The van der Waals surface area contributed by atoms with Gasteiger partial charge < -0.3 is 15.9 Å². The third kappa shape index (κ3) is 2.68. The first-order valence-electron chi connectivity index (χ1n) is 4.16. The summed E-state index contributed by atoms with van der Waals surface area (Å²) < 4.78 is 0. The molecular formula is C9H14N2O2. The van der Waals surface area contributed by atoms with E-state index < -0.39 is 12.2 Å². The summed E-state index contributed by atoms with van der Waals surface area (Å²) in [5, 5.41) is 18.4. The number of hydrogen-bond donors (Lipinski definition) is 3. The quantitative estimate of drug-likeness (QED) is 0.612. The predicted molar refractivity (Wildman–Crippen MR) is 50.0 cm³/mol. The van der Waals surface area contributed by atoms with Crippen LogP contribution in [0, 0.1) is 0 Å². The molecule has 0 aliphatic carbocycles. The van der Waals surface area contributed by atoms with Crippen LogP contribution in [-0.2, 0) is 6.42 Å². The zero-order valence-electron chi connectivity index (χ0n) is 7.51. The molecular weight excluding hydrogens is 168 g/mol. The minimum absolute atomic E-state index is 0.331. The fourth-order valence-corrected chi connectivity index (χ4v) is 1.02. The third-order valence-corrected chi connectivity index (χ3v) is 1.91. The van der Waals surface area contributed by atoms with Gasteiger partial charge in [0, 0.05) is 12.6 Å². The summed E-state index contributed by atoms with van der Waals surface area (Å²) in [5.41, 5.74) is 6.33. The Morgan fingerprint density at radius 3 is 2.77 bits per heavy atom. The molecule has 0 aliphatic heterocycles. The van der Waals surface area contributed by atoms with Gasteiger partial charge in [0.25, 0.3) is 0 Å². The van der Waals surface area contributed by atoms with E-state index in [2.05, 4.69) is 4.98 Å². The number of hydrogen-bond acceptors (Lipinski definition) is 4. The van der Waals surface area contributed by atoms with E-state index in [0.717, 1.165) is 5.56 Å². The zero-order valence-corrected chi connectivity index (χ0v) is 7.51. The van der Waals surface area contributed by atoms with Crippen LogP contribution >= 0.6 is 0 Å². The molecule has 72 valence electrons. The maximum atomic E-state index is 9.37. The molecule has 4 heteroatoms. The molecule has 0 bridgehead atoms. The maximum Gasteiger partial charge on any atom is 0.126 e. The fraction of sp³-hybridized carbons (Fsp3) is 0.444. The Kier molecular flexibility index (Phi) is 3.22. The highest BCUT2D eigenvalue weighted by Crippen LogP contribution is 2.11. The second-order valence-electron chi connectivity index (χ2n) is 3.06. The van der Waals surface area contributed by atoms with Gasteiger partial charge in [-0.3, -0.25) is 0 Å². The van der Waals surface area contributed by atoms with Crippen LogP contribution in [0.1, 0.15) is 12.5 Å². The Bertz CT molecular complexity index is 276. The minimum atomic E-state index is -0.786. The van der Waals surface area contributed by atoms with E-state index in [1.54, 1.807) is 18.3 Å². The number of nitrogens with zero attached hydrogens (tertiary/aromatic N) is 1. The van der Waals surface area contributed by atoms with Crippen molar-refractivity contribution in [3.8, 4) is 0 Å². The molecule has 13 heavy (non-hydrogen) atoms. The standard InChI is InChI=1S/C9H14N2O2/c1-6(12)8(13)5-7-3-2-4-11-9(7)10/h2-4,6,8,12-13H,5H2,1H3,(H2,10,11). The van der Waals surface area contributed by atoms with Crippen molar-refractivity contribution in [1.82, 2.24) is 4.98 Å². The highest BCUT2D eigenvalue weighted by atomic mass is 16.3. The van der Waals surface area contributed by atoms with Crippen LogP contribution in [0.5, 0.6) is 0 Å². The summed E-state index contributed by atoms with van der Waals surface area (Å²) in [4.78, 5) is 3.88. The van der Waals surface area contributed by atoms with E-state index in [4.69, 9.17) is 10.8 Å². The molecule has 4 nitrogen and oxygen atoms in total. The second kappa shape index (κ2) is 4.20. The van der Waals surface area contributed by atoms with Gasteiger partial charge in [0.1, 0.15) is 5.82 Å². The lowest BCUT2D eigenvalue weighted by Crippen LogP contribution is -2.25. The van der Waals surface area contributed by atoms with Crippen molar-refractivity contribution in [2.45, 2.75) is 25.6 Å². The molecule has 0 radical (unpaired) electrons. The summed E-state index contributed by atoms with van der Waals surface area (Å²) in [6.45, 7) is 1.54. The number of anilines is 1. The summed E-state index contributed by atoms with van der Waals surface area (Å²) in [6.07, 6.45) is 0.386. The van der Waals surface area contributed by atoms with Crippen molar-refractivity contribution in [3.63, 3.8) is 0 Å². The molecule has 1 aromatic heterocycles. The van der Waals surface area contributed by atoms with Crippen LogP contribution in [0.4, 0.5) is 5.82 Å². The fourth-order valence-electron chi connectivity index (χ4n) is 1.02. The molecule has 1 aromatic rings. The average Bonchev–Trinajstić information content (AvgIpc) is 2.08. The number of aliphatic hydroxyl groups excluding tert-OH is 2. The zero-order chi connectivity index (χ0) is 9.84. The van der Waals surface area contributed by atoms with Crippen molar-refractivity contribution in [3.05, 3.63) is 23.9 Å². The Labute approximate surface area is 77.0 Å². The number of aliphatic hydroxyl groups is 2. The third-order valence-electron chi connectivity index (χ3n) is 1.91. The largest absolute Gasteiger partial charge is 0.391 e. The Balaban J connectivity index is 2.69. The van der Waals surface area contributed by atoms with Crippen molar-refractivity contribution in [2.24, 2.45) is 0 Å². The summed E-state index contributed by atoms with van der Waals surface area (Å²) in [6, 6.07) is 3.54. The van der Waals surface area contributed by atoms with Crippen molar-refractivity contribution >= 4 is 5.82 Å². The molecule has 0 aromatic carbocycles. The molecule has 4 N–H and O–H groups in total. The maximum absolute atomic E-state index is 9.37. The van der Waals surface area contributed by atoms with Crippen LogP contribution in [0.15, 0.2) is 18.3 Å². The van der Waals surface area contributed by atoms with Crippen LogP contribution in [0.25, 0.3) is 0 Å². The first kappa shape index (κ1) is 9.95. The molecule has 0 saturated carbocycles. The van der Waals surface area contributed by atoms with Gasteiger partial charge in [-0.2, -0.15) is 0 Å². The molecule has 0 amide bonds. The van der Waals surface area contributed by atoms with Gasteiger partial charge in [0.05, 0.1) is 12.2 Å². The van der Waals surface area contributed by atoms with E-state index in [9.17, 15) is 5.11 Å². The number of nitrogens with two attached hydrogens (primary N) is 1. The molecule has 2 atom stereocenters. The first-order valence-corrected chi connectivity index (χ1v) is 4.16. The monoisotopic (exact) mass is 182 g/mol. The van der Waals surface area contributed by atoms with Crippen molar-refractivity contribution in [1.29, 1.82) is 0 Å². The second-order valence-corrected chi connectivity index (χ2v) is 3.06. The van der Waals surface area contributed by atoms with Gasteiger partial charge in [-0.25, -0.2) is 4.98 Å². The molecule has 0 spiro atoms. The average molecular weight is 182 g/mol. The van der Waals surface area contributed by atoms with Gasteiger partial charge in [0.2, 0.25) is 0 Å². The van der Waals surface area contributed by atoms with Gasteiger partial charge in [-0.15, -0.1) is 0 Å². The molecule has 1 rings (SSSR count). The van der Waals surface area contributed by atoms with Gasteiger partial charge in [-0.05, 0) is 18.6 Å². The first-order chi connectivity index (χ1) is 6.11. The van der Waals surface area contributed by atoms with Gasteiger partial charge >= 0.3 is 0 Å². The number of nitrogen functional groups attached to an aromatic ring is 1. The molecule has 0 saturated heterocycles. The molecule has 0 aliphatic rings. The lowest BCUT2D eigenvalue weighted by atomic mass is 10.1. The normalized spacial score (nSPS) is 15.3. The van der Waals surface area contributed by atoms with E-state index in [1.807, 2.05) is 0 Å². The highest BCUT2D eigenvalue weighted by molar-refractivity contribution is 5.38. The van der Waals surface area contributed by atoms with E-state index >= 15 is 0 Å². The summed E-state index contributed by atoms with van der Waals surface area (Å²) in [7, 11) is 0. The lowest BCUT2D eigenvalue weighted by Gasteiger charge is -2.13. The Hall–Kier alpha value is -1.13. The highest BCUT2D eigenvalue weighted by Gasteiger charge is 2.12. The van der Waals surface area contributed by atoms with Crippen LogP contribution in [-0.4, -0.2) is 27.4 Å². The Morgan fingerprint density at radius 2 is 2.23 bits per heavy atom. The van der Waals surface area contributed by atoms with Gasteiger partial charge in [-0.1, -0.05) is 6.07 Å². The summed E-state index contributed by atoms with van der Waals surface area (Å²) in [5.74, 6) is 0.405. The number of pyridine rings is 1. The van der Waals surface area contributed by atoms with E-state index in [0.29, 0.717) is 12.2 Å². The topological polar surface area (TPSA) is 79.4 Å². The van der Waals surface area contributed by atoms with Crippen molar-refractivity contribution < 1.29 is 10.2 Å². The number of rotatable bonds is 3. The minimum Gasteiger partial charge on any atom is -0.391 e.